The third-order valence-corrected chi connectivity index (χ3v) is 4.29. The zero-order valence-electron chi connectivity index (χ0n) is 14.3. The van der Waals surface area contributed by atoms with Crippen molar-refractivity contribution in [2.45, 2.75) is 33.6 Å². The molecule has 0 bridgehead atoms. The summed E-state index contributed by atoms with van der Waals surface area (Å²) in [6.45, 7) is 10.5. The van der Waals surface area contributed by atoms with Gasteiger partial charge in [0.1, 0.15) is 5.82 Å². The van der Waals surface area contributed by atoms with Gasteiger partial charge in [-0.05, 0) is 30.9 Å². The van der Waals surface area contributed by atoms with Gasteiger partial charge in [0.15, 0.2) is 11.6 Å². The first kappa shape index (κ1) is 15.8. The summed E-state index contributed by atoms with van der Waals surface area (Å²) < 4.78 is 2.03. The molecule has 124 valence electrons. The summed E-state index contributed by atoms with van der Waals surface area (Å²) in [5.41, 5.74) is 1.26. The molecule has 0 unspecified atom stereocenters. The molecule has 3 rings (SSSR count). The second kappa shape index (κ2) is 6.56. The maximum Gasteiger partial charge on any atom is 0.193 e. The van der Waals surface area contributed by atoms with Crippen LogP contribution in [0.15, 0.2) is 29.4 Å². The molecule has 1 aliphatic heterocycles. The van der Waals surface area contributed by atoms with E-state index in [1.165, 1.54) is 6.42 Å². The van der Waals surface area contributed by atoms with E-state index >= 15 is 0 Å². The normalized spacial score (nSPS) is 17.9. The third kappa shape index (κ3) is 3.63. The Hall–Kier alpha value is -2.11. The van der Waals surface area contributed by atoms with Gasteiger partial charge in [-0.1, -0.05) is 19.9 Å². The summed E-state index contributed by atoms with van der Waals surface area (Å²) in [4.78, 5) is 7.16. The molecule has 0 atom stereocenters. The molecule has 0 spiro atoms. The van der Waals surface area contributed by atoms with Gasteiger partial charge in [0, 0.05) is 38.8 Å². The van der Waals surface area contributed by atoms with Crippen LogP contribution in [0.4, 0.5) is 0 Å². The lowest BCUT2D eigenvalue weighted by atomic mass is 9.93. The fourth-order valence-electron chi connectivity index (χ4n) is 3.04. The van der Waals surface area contributed by atoms with Gasteiger partial charge in [-0.3, -0.25) is 9.39 Å². The zero-order chi connectivity index (χ0) is 16.3. The lowest BCUT2D eigenvalue weighted by Crippen LogP contribution is -2.40. The number of fused-ring (bicyclic) bond motifs is 1. The number of nitrogens with zero attached hydrogens (tertiary/aromatic N) is 5. The van der Waals surface area contributed by atoms with E-state index in [0.29, 0.717) is 5.41 Å². The van der Waals surface area contributed by atoms with Gasteiger partial charge in [-0.25, -0.2) is 0 Å². The van der Waals surface area contributed by atoms with Gasteiger partial charge < -0.3 is 10.2 Å². The van der Waals surface area contributed by atoms with Gasteiger partial charge in [-0.2, -0.15) is 0 Å². The quantitative estimate of drug-likeness (QED) is 0.692. The highest BCUT2D eigenvalue weighted by Gasteiger charge is 2.30. The van der Waals surface area contributed by atoms with E-state index in [4.69, 9.17) is 4.99 Å². The molecule has 6 nitrogen and oxygen atoms in total. The second-order valence-corrected chi connectivity index (χ2v) is 6.87. The van der Waals surface area contributed by atoms with E-state index in [-0.39, 0.29) is 0 Å². The van der Waals surface area contributed by atoms with Crippen molar-refractivity contribution >= 4 is 11.6 Å². The highest BCUT2D eigenvalue weighted by molar-refractivity contribution is 5.80. The van der Waals surface area contributed by atoms with Crippen LogP contribution in [0.25, 0.3) is 5.65 Å². The maximum absolute atomic E-state index is 4.79. The predicted molar refractivity (Wildman–Crippen MR) is 92.6 cm³/mol. The minimum atomic E-state index is 0.374. The number of hydrogen-bond acceptors (Lipinski definition) is 3. The fraction of sp³-hybridized carbons (Fsp3) is 0.588. The van der Waals surface area contributed by atoms with Gasteiger partial charge >= 0.3 is 0 Å². The standard InChI is InChI=1S/C17H26N6/c1-4-18-16(22-12-9-17(2,3)13-22)19-10-8-15-21-20-14-7-5-6-11-23(14)15/h5-7,11H,4,8-10,12-13H2,1-3H3,(H,18,19). The molecule has 1 aliphatic rings. The molecule has 1 saturated heterocycles. The molecule has 0 radical (unpaired) electrons. The molecule has 0 aromatic carbocycles. The van der Waals surface area contributed by atoms with E-state index in [1.807, 2.05) is 28.8 Å². The van der Waals surface area contributed by atoms with Crippen molar-refractivity contribution in [1.82, 2.24) is 24.8 Å². The molecular formula is C17H26N6. The number of guanidine groups is 1. The molecule has 0 saturated carbocycles. The van der Waals surface area contributed by atoms with Crippen molar-refractivity contribution in [3.8, 4) is 0 Å². The Balaban J connectivity index is 1.67. The molecule has 1 fully saturated rings. The van der Waals surface area contributed by atoms with Gasteiger partial charge in [-0.15, -0.1) is 10.2 Å². The summed E-state index contributed by atoms with van der Waals surface area (Å²) in [5, 5.41) is 11.9. The molecule has 2 aromatic rings. The highest BCUT2D eigenvalue weighted by Crippen LogP contribution is 2.28. The Morgan fingerprint density at radius 3 is 2.96 bits per heavy atom. The SMILES string of the molecule is CCNC(=NCCc1nnc2ccccn12)N1CCC(C)(C)C1. The number of hydrogen-bond donors (Lipinski definition) is 1. The average molecular weight is 314 g/mol. The van der Waals surface area contributed by atoms with Gasteiger partial charge in [0.05, 0.1) is 0 Å². The van der Waals surface area contributed by atoms with Crippen LogP contribution >= 0.6 is 0 Å². The van der Waals surface area contributed by atoms with Crippen LogP contribution in [0.1, 0.15) is 33.0 Å². The van der Waals surface area contributed by atoms with Crippen molar-refractivity contribution in [2.75, 3.05) is 26.2 Å². The minimum Gasteiger partial charge on any atom is -0.357 e. The first-order valence-electron chi connectivity index (χ1n) is 8.41. The van der Waals surface area contributed by atoms with Crippen LogP contribution in [0, 0.1) is 5.41 Å². The number of rotatable bonds is 4. The van der Waals surface area contributed by atoms with E-state index in [9.17, 15) is 0 Å². The Morgan fingerprint density at radius 1 is 1.35 bits per heavy atom. The monoisotopic (exact) mass is 314 g/mol. The van der Waals surface area contributed by atoms with E-state index in [2.05, 4.69) is 41.2 Å². The van der Waals surface area contributed by atoms with Crippen molar-refractivity contribution in [3.05, 3.63) is 30.2 Å². The maximum atomic E-state index is 4.79. The minimum absolute atomic E-state index is 0.374. The van der Waals surface area contributed by atoms with E-state index in [1.54, 1.807) is 0 Å². The Morgan fingerprint density at radius 2 is 2.22 bits per heavy atom. The highest BCUT2D eigenvalue weighted by atomic mass is 15.3. The summed E-state index contributed by atoms with van der Waals surface area (Å²) in [7, 11) is 0. The lowest BCUT2D eigenvalue weighted by molar-refractivity contribution is 0.370. The van der Waals surface area contributed by atoms with Crippen LogP contribution in [-0.4, -0.2) is 51.6 Å². The number of pyridine rings is 1. The Bertz CT molecular complexity index is 687. The smallest absolute Gasteiger partial charge is 0.193 e. The number of aliphatic imine (C=N–C) groups is 1. The largest absolute Gasteiger partial charge is 0.357 e. The van der Waals surface area contributed by atoms with Crippen LogP contribution in [0.3, 0.4) is 0 Å². The first-order valence-corrected chi connectivity index (χ1v) is 8.41. The van der Waals surface area contributed by atoms with E-state index < -0.39 is 0 Å². The number of likely N-dealkylation sites (tertiary alicyclic amines) is 1. The van der Waals surface area contributed by atoms with Crippen molar-refractivity contribution in [1.29, 1.82) is 0 Å². The predicted octanol–water partition coefficient (Wildman–Crippen LogP) is 1.97. The second-order valence-electron chi connectivity index (χ2n) is 6.87. The van der Waals surface area contributed by atoms with Gasteiger partial charge in [0.25, 0.3) is 0 Å². The van der Waals surface area contributed by atoms with Crippen LogP contribution < -0.4 is 5.32 Å². The molecule has 6 heteroatoms. The van der Waals surface area contributed by atoms with Gasteiger partial charge in [0.2, 0.25) is 0 Å². The molecule has 2 aromatic heterocycles. The zero-order valence-corrected chi connectivity index (χ0v) is 14.3. The number of aromatic nitrogens is 3. The lowest BCUT2D eigenvalue weighted by Gasteiger charge is -2.23. The number of nitrogens with one attached hydrogen (secondary N) is 1. The molecule has 23 heavy (non-hydrogen) atoms. The summed E-state index contributed by atoms with van der Waals surface area (Å²) in [5.74, 6) is 1.98. The molecule has 1 N–H and O–H groups in total. The Labute approximate surface area is 137 Å². The van der Waals surface area contributed by atoms with E-state index in [0.717, 1.165) is 50.0 Å². The topological polar surface area (TPSA) is 57.8 Å². The van der Waals surface area contributed by atoms with Crippen molar-refractivity contribution in [2.24, 2.45) is 10.4 Å². The molecule has 3 heterocycles. The van der Waals surface area contributed by atoms with Crippen molar-refractivity contribution < 1.29 is 0 Å². The fourth-order valence-corrected chi connectivity index (χ4v) is 3.04. The van der Waals surface area contributed by atoms with Crippen LogP contribution in [-0.2, 0) is 6.42 Å². The van der Waals surface area contributed by atoms with Crippen LogP contribution in [0.2, 0.25) is 0 Å². The summed E-state index contributed by atoms with van der Waals surface area (Å²) in [6, 6.07) is 5.94. The average Bonchev–Trinajstić information content (AvgIpc) is 3.10. The van der Waals surface area contributed by atoms with Crippen molar-refractivity contribution in [3.63, 3.8) is 0 Å². The molecule has 0 aliphatic carbocycles. The van der Waals surface area contributed by atoms with Crippen LogP contribution in [0.5, 0.6) is 0 Å². The first-order chi connectivity index (χ1) is 11.1. The molecular weight excluding hydrogens is 288 g/mol. The summed E-state index contributed by atoms with van der Waals surface area (Å²) >= 11 is 0. The molecule has 0 amide bonds. The summed E-state index contributed by atoms with van der Waals surface area (Å²) in [6.07, 6.45) is 4.01. The third-order valence-electron chi connectivity index (χ3n) is 4.29. The Kier molecular flexibility index (Phi) is 4.50.